The van der Waals surface area contributed by atoms with Gasteiger partial charge in [0, 0.05) is 50.6 Å². The second kappa shape index (κ2) is 18.9. The summed E-state index contributed by atoms with van der Waals surface area (Å²) in [6.45, 7) is 4.30. The van der Waals surface area contributed by atoms with Gasteiger partial charge in [-0.3, -0.25) is 19.3 Å². The number of urea groups is 1. The van der Waals surface area contributed by atoms with Gasteiger partial charge in [0.15, 0.2) is 0 Å². The maximum atomic E-state index is 16.6. The number of ether oxygens (including phenoxy) is 2. The minimum Gasteiger partial charge on any atom is -0.508 e. The first-order chi connectivity index (χ1) is 33.0. The van der Waals surface area contributed by atoms with E-state index in [9.17, 15) is 15.0 Å². The molecule has 7 atom stereocenters. The van der Waals surface area contributed by atoms with E-state index in [0.717, 1.165) is 10.5 Å². The van der Waals surface area contributed by atoms with E-state index in [1.165, 1.54) is 19.2 Å². The molecule has 5 heterocycles. The van der Waals surface area contributed by atoms with Gasteiger partial charge in [0.25, 0.3) is 0 Å². The average Bonchev–Trinajstić information content (AvgIpc) is 3.82. The number of rotatable bonds is 9. The van der Waals surface area contributed by atoms with Crippen molar-refractivity contribution in [2.24, 2.45) is 11.8 Å². The molecule has 3 N–H and O–H groups in total. The number of aromatic nitrogens is 2. The number of benzene rings is 4. The first kappa shape index (κ1) is 45.5. The van der Waals surface area contributed by atoms with E-state index in [0.29, 0.717) is 35.7 Å². The van der Waals surface area contributed by atoms with Gasteiger partial charge in [0.1, 0.15) is 29.4 Å². The van der Waals surface area contributed by atoms with Gasteiger partial charge >= 0.3 is 18.0 Å². The first-order valence-corrected chi connectivity index (χ1v) is 22.6. The number of aromatic hydroxyl groups is 1. The fourth-order valence-corrected chi connectivity index (χ4v) is 10.4. The Morgan fingerprint density at radius 1 is 0.853 bits per heavy atom. The van der Waals surface area contributed by atoms with Crippen LogP contribution in [0, 0.1) is 23.7 Å². The fourth-order valence-electron chi connectivity index (χ4n) is 10.4. The minimum absolute atomic E-state index is 0.0619. The summed E-state index contributed by atoms with van der Waals surface area (Å²) < 4.78 is 11.7. The molecule has 3 saturated heterocycles. The highest BCUT2D eigenvalue weighted by Crippen LogP contribution is 2.66. The molecule has 0 radical (unpaired) electrons. The van der Waals surface area contributed by atoms with E-state index in [2.05, 4.69) is 27.1 Å². The molecule has 0 saturated carbocycles. The number of hydrogen-bond acceptors (Lipinski definition) is 13. The molecule has 68 heavy (non-hydrogen) atoms. The predicted molar refractivity (Wildman–Crippen MR) is 249 cm³/mol. The number of nitrogens with zero attached hydrogens (tertiary/aromatic N) is 6. The summed E-state index contributed by atoms with van der Waals surface area (Å²) in [5.74, 6) is 1.65. The van der Waals surface area contributed by atoms with Crippen LogP contribution >= 0.6 is 0 Å². The Balaban J connectivity index is 1.32. The van der Waals surface area contributed by atoms with E-state index in [4.69, 9.17) is 9.47 Å². The number of esters is 2. The molecule has 0 unspecified atom stereocenters. The maximum Gasteiger partial charge on any atom is 0.329 e. The molecule has 3 fully saturated rings. The molecule has 16 nitrogen and oxygen atoms in total. The zero-order chi connectivity index (χ0) is 47.7. The number of anilines is 2. The standard InChI is InChI=1S/C52H51N7O9/c1-32(2)41(47(63)67-3)55-51(66)58-39-23-18-33(13-10-11-30-60)31-38(39)52(49(58)65)40(46(62)56-26-28-57(29-27-56)50-53-24-12-25-54-50)43-48(64)68-44(35-16-8-5-9-17-35)42(34-14-6-4-7-15-34)59(43)45(52)36-19-21-37(61)22-20-36/h4-9,12,14-25,31-32,40-45,60-61H,11,26-30H2,1-3H3,(H,55,66)/t40-,41+,42-,43-,44+,45+,52-/m1/s1. The highest BCUT2D eigenvalue weighted by molar-refractivity contribution is 6.25. The summed E-state index contributed by atoms with van der Waals surface area (Å²) in [7, 11) is 1.21. The third kappa shape index (κ3) is 7.86. The molecule has 1 spiro atoms. The Kier molecular flexibility index (Phi) is 12.7. The number of nitrogens with one attached hydrogen (secondary N) is 1. The third-order valence-corrected chi connectivity index (χ3v) is 13.4. The Bertz CT molecular complexity index is 2760. The van der Waals surface area contributed by atoms with Crippen molar-refractivity contribution in [1.29, 1.82) is 0 Å². The van der Waals surface area contributed by atoms with Gasteiger partial charge in [-0.1, -0.05) is 98.5 Å². The Morgan fingerprint density at radius 3 is 2.15 bits per heavy atom. The third-order valence-electron chi connectivity index (χ3n) is 13.4. The second-order valence-corrected chi connectivity index (χ2v) is 17.6. The topological polar surface area (TPSA) is 195 Å². The summed E-state index contributed by atoms with van der Waals surface area (Å²) in [5, 5.41) is 23.2. The Hall–Kier alpha value is -7.61. The van der Waals surface area contributed by atoms with Crippen LogP contribution in [-0.4, -0.2) is 112 Å². The van der Waals surface area contributed by atoms with Gasteiger partial charge in [-0.05, 0) is 64.6 Å². The highest BCUT2D eigenvalue weighted by Gasteiger charge is 2.76. The van der Waals surface area contributed by atoms with Crippen molar-refractivity contribution in [2.45, 2.75) is 56.0 Å². The zero-order valence-corrected chi connectivity index (χ0v) is 37.8. The lowest BCUT2D eigenvalue weighted by Gasteiger charge is -2.46. The number of carbonyl (C=O) groups is 5. The second-order valence-electron chi connectivity index (χ2n) is 17.6. The summed E-state index contributed by atoms with van der Waals surface area (Å²) >= 11 is 0. The number of phenolic OH excluding ortho intramolecular Hbond substituents is 1. The van der Waals surface area contributed by atoms with Gasteiger partial charge < -0.3 is 34.8 Å². The molecule has 9 rings (SSSR count). The molecule has 4 aliphatic heterocycles. The van der Waals surface area contributed by atoms with Crippen LogP contribution in [0.4, 0.5) is 16.4 Å². The number of piperazine rings is 1. The number of hydrogen-bond donors (Lipinski definition) is 3. The molecule has 16 heteroatoms. The number of cyclic esters (lactones) is 1. The van der Waals surface area contributed by atoms with Crippen LogP contribution in [-0.2, 0) is 34.1 Å². The van der Waals surface area contributed by atoms with Crippen LogP contribution in [0.1, 0.15) is 66.3 Å². The monoisotopic (exact) mass is 917 g/mol. The molecule has 4 aliphatic rings. The SMILES string of the molecule is COC(=O)[C@@H](NC(=O)N1C(=O)[C@@]2(c3cc(C#CCCO)ccc31)[C@H](c1ccc(O)cc1)N1[C@H](c3ccccc3)[C@H](c3ccccc3)OC(=O)[C@H]1[C@@H]2C(=O)N1CCN(c2ncccn2)CC1)C(C)C. The molecule has 348 valence electrons. The van der Waals surface area contributed by atoms with Crippen LogP contribution in [0.15, 0.2) is 122 Å². The van der Waals surface area contributed by atoms with Crippen LogP contribution in [0.5, 0.6) is 5.75 Å². The van der Waals surface area contributed by atoms with Gasteiger partial charge in [-0.25, -0.2) is 24.5 Å². The summed E-state index contributed by atoms with van der Waals surface area (Å²) in [5.41, 5.74) is 0.547. The number of phenols is 1. The van der Waals surface area contributed by atoms with E-state index >= 15 is 19.2 Å². The Morgan fingerprint density at radius 2 is 1.51 bits per heavy atom. The van der Waals surface area contributed by atoms with Gasteiger partial charge in [0.2, 0.25) is 17.8 Å². The average molecular weight is 918 g/mol. The molecular formula is C52H51N7O9. The van der Waals surface area contributed by atoms with Crippen molar-refractivity contribution in [3.05, 3.63) is 149 Å². The number of methoxy groups -OCH3 is 1. The normalized spacial score (nSPS) is 23.6. The predicted octanol–water partition coefficient (Wildman–Crippen LogP) is 4.84. The summed E-state index contributed by atoms with van der Waals surface area (Å²) in [4.78, 5) is 91.7. The van der Waals surface area contributed by atoms with Crippen molar-refractivity contribution >= 4 is 41.4 Å². The van der Waals surface area contributed by atoms with Crippen LogP contribution in [0.25, 0.3) is 0 Å². The van der Waals surface area contributed by atoms with E-state index in [-0.39, 0.29) is 43.1 Å². The van der Waals surface area contributed by atoms with Crippen molar-refractivity contribution in [3.8, 4) is 17.6 Å². The van der Waals surface area contributed by atoms with E-state index in [1.54, 1.807) is 67.5 Å². The number of fused-ring (bicyclic) bond motifs is 3. The largest absolute Gasteiger partial charge is 0.508 e. The lowest BCUT2D eigenvalue weighted by Crippen LogP contribution is -2.60. The number of amides is 4. The van der Waals surface area contributed by atoms with Gasteiger partial charge in [-0.2, -0.15) is 0 Å². The number of aliphatic hydroxyl groups is 1. The van der Waals surface area contributed by atoms with Crippen LogP contribution < -0.4 is 15.1 Å². The number of carbonyl (C=O) groups excluding carboxylic acids is 5. The van der Waals surface area contributed by atoms with Crippen molar-refractivity contribution in [1.82, 2.24) is 25.1 Å². The molecule has 0 aliphatic carbocycles. The Labute approximate surface area is 393 Å². The molecule has 0 bridgehead atoms. The summed E-state index contributed by atoms with van der Waals surface area (Å²) in [6, 6.07) is 26.1. The lowest BCUT2D eigenvalue weighted by molar-refractivity contribution is -0.179. The maximum absolute atomic E-state index is 16.6. The smallest absolute Gasteiger partial charge is 0.329 e. The van der Waals surface area contributed by atoms with Gasteiger partial charge in [-0.15, -0.1) is 0 Å². The highest BCUT2D eigenvalue weighted by atomic mass is 16.6. The minimum atomic E-state index is -2.09. The van der Waals surface area contributed by atoms with Crippen molar-refractivity contribution < 1.29 is 43.7 Å². The van der Waals surface area contributed by atoms with Crippen LogP contribution in [0.2, 0.25) is 0 Å². The van der Waals surface area contributed by atoms with Crippen LogP contribution in [0.3, 0.4) is 0 Å². The van der Waals surface area contributed by atoms with Crippen molar-refractivity contribution in [3.63, 3.8) is 0 Å². The first-order valence-electron chi connectivity index (χ1n) is 22.6. The molecule has 1 aromatic heterocycles. The van der Waals surface area contributed by atoms with E-state index in [1.807, 2.05) is 70.5 Å². The molecule has 5 aromatic rings. The number of aliphatic hydroxyl groups excluding tert-OH is 1. The summed E-state index contributed by atoms with van der Waals surface area (Å²) in [6.07, 6.45) is 2.49. The van der Waals surface area contributed by atoms with E-state index < -0.39 is 77.3 Å². The zero-order valence-electron chi connectivity index (χ0n) is 37.8. The lowest BCUT2D eigenvalue weighted by atomic mass is 9.64. The molecule has 4 aromatic carbocycles. The fraction of sp³-hybridized carbons (Fsp3) is 0.327. The molecule has 4 amide bonds. The quantitative estimate of drug-likeness (QED) is 0.135. The van der Waals surface area contributed by atoms with Gasteiger partial charge in [0.05, 0.1) is 37.4 Å². The number of imide groups is 1. The molecular weight excluding hydrogens is 867 g/mol. The number of morpholine rings is 1. The van der Waals surface area contributed by atoms with Crippen molar-refractivity contribution in [2.75, 3.05) is 49.7 Å².